The molecular formula is C14H14F2N4OS. The summed E-state index contributed by atoms with van der Waals surface area (Å²) in [5.41, 5.74) is 0.187. The number of thioether (sulfide) groups is 1. The van der Waals surface area contributed by atoms with E-state index in [1.807, 2.05) is 6.92 Å². The molecule has 0 spiro atoms. The molecule has 0 fully saturated rings. The first-order valence-electron chi connectivity index (χ1n) is 6.88. The Kier molecular flexibility index (Phi) is 4.37. The van der Waals surface area contributed by atoms with Crippen molar-refractivity contribution in [3.63, 3.8) is 0 Å². The third kappa shape index (κ3) is 3.11. The molecule has 3 rings (SSSR count). The van der Waals surface area contributed by atoms with Crippen LogP contribution in [0.25, 0.3) is 0 Å². The SMILES string of the molecule is CCc1nc(SC[C@H]2CC(c3c(F)cccc3F)=NO2)n[nH]1. The molecule has 1 aromatic heterocycles. The Morgan fingerprint density at radius 2 is 2.14 bits per heavy atom. The first-order valence-corrected chi connectivity index (χ1v) is 7.87. The standard InChI is InChI=1S/C14H14F2N4OS/c1-2-12-17-14(19-18-12)22-7-8-6-11(20-21-8)13-9(15)4-3-5-10(13)16/h3-5,8H,2,6-7H2,1H3,(H,17,18,19)/t8-/m1/s1. The summed E-state index contributed by atoms with van der Waals surface area (Å²) in [6.45, 7) is 1.98. The second-order valence-electron chi connectivity index (χ2n) is 4.80. The van der Waals surface area contributed by atoms with E-state index in [2.05, 4.69) is 20.3 Å². The molecule has 0 bridgehead atoms. The van der Waals surface area contributed by atoms with E-state index in [9.17, 15) is 8.78 Å². The van der Waals surface area contributed by atoms with Gasteiger partial charge in [-0.3, -0.25) is 5.10 Å². The van der Waals surface area contributed by atoms with E-state index in [-0.39, 0.29) is 11.7 Å². The number of aromatic amines is 1. The molecule has 0 amide bonds. The van der Waals surface area contributed by atoms with Gasteiger partial charge in [-0.05, 0) is 12.1 Å². The zero-order valence-electron chi connectivity index (χ0n) is 11.8. The van der Waals surface area contributed by atoms with Crippen LogP contribution in [0.5, 0.6) is 0 Å². The summed E-state index contributed by atoms with van der Waals surface area (Å²) >= 11 is 1.42. The van der Waals surface area contributed by atoms with E-state index in [1.54, 1.807) is 0 Å². The zero-order valence-corrected chi connectivity index (χ0v) is 12.7. The fraction of sp³-hybridized carbons (Fsp3) is 0.357. The molecule has 0 radical (unpaired) electrons. The lowest BCUT2D eigenvalue weighted by Crippen LogP contribution is -2.13. The number of nitrogens with zero attached hydrogens (tertiary/aromatic N) is 3. The van der Waals surface area contributed by atoms with Gasteiger partial charge in [-0.15, -0.1) is 5.10 Å². The van der Waals surface area contributed by atoms with Gasteiger partial charge in [0.05, 0.1) is 11.3 Å². The summed E-state index contributed by atoms with van der Waals surface area (Å²) < 4.78 is 27.4. The third-order valence-electron chi connectivity index (χ3n) is 3.23. The van der Waals surface area contributed by atoms with E-state index in [0.29, 0.717) is 23.0 Å². The highest BCUT2D eigenvalue weighted by molar-refractivity contribution is 7.99. The molecule has 1 aliphatic heterocycles. The molecule has 116 valence electrons. The van der Waals surface area contributed by atoms with Crippen molar-refractivity contribution in [2.75, 3.05) is 5.75 Å². The van der Waals surface area contributed by atoms with Crippen LogP contribution in [-0.2, 0) is 11.3 Å². The minimum atomic E-state index is -0.628. The normalized spacial score (nSPS) is 17.4. The molecule has 0 unspecified atom stereocenters. The summed E-state index contributed by atoms with van der Waals surface area (Å²) in [7, 11) is 0. The predicted octanol–water partition coefficient (Wildman–Crippen LogP) is 2.93. The number of halogens is 2. The van der Waals surface area contributed by atoms with Crippen molar-refractivity contribution in [2.24, 2.45) is 5.16 Å². The number of aryl methyl sites for hydroxylation is 1. The lowest BCUT2D eigenvalue weighted by molar-refractivity contribution is 0.103. The second kappa shape index (κ2) is 6.43. The Morgan fingerprint density at radius 3 is 2.82 bits per heavy atom. The summed E-state index contributed by atoms with van der Waals surface area (Å²) in [5, 5.41) is 11.3. The van der Waals surface area contributed by atoms with Crippen LogP contribution in [0.1, 0.15) is 24.7 Å². The maximum atomic E-state index is 13.7. The third-order valence-corrected chi connectivity index (χ3v) is 4.21. The van der Waals surface area contributed by atoms with Crippen molar-refractivity contribution in [2.45, 2.75) is 31.0 Å². The van der Waals surface area contributed by atoms with Gasteiger partial charge in [0.15, 0.2) is 0 Å². The highest BCUT2D eigenvalue weighted by Crippen LogP contribution is 2.25. The van der Waals surface area contributed by atoms with Gasteiger partial charge in [0, 0.05) is 18.6 Å². The molecule has 8 heteroatoms. The van der Waals surface area contributed by atoms with Gasteiger partial charge < -0.3 is 4.84 Å². The molecular weight excluding hydrogens is 310 g/mol. The number of rotatable bonds is 5. The van der Waals surface area contributed by atoms with E-state index in [0.717, 1.165) is 12.2 Å². The van der Waals surface area contributed by atoms with Gasteiger partial charge in [0.1, 0.15) is 23.6 Å². The van der Waals surface area contributed by atoms with Crippen LogP contribution in [0.3, 0.4) is 0 Å². The Bertz CT molecular complexity index is 684. The van der Waals surface area contributed by atoms with Gasteiger partial charge in [-0.2, -0.15) is 0 Å². The first kappa shape index (κ1) is 15.0. The Hall–Kier alpha value is -1.96. The number of aromatic nitrogens is 3. The predicted molar refractivity (Wildman–Crippen MR) is 78.9 cm³/mol. The molecule has 1 atom stereocenters. The molecule has 0 saturated heterocycles. The topological polar surface area (TPSA) is 63.2 Å². The number of nitrogens with one attached hydrogen (secondary N) is 1. The number of hydrogen-bond donors (Lipinski definition) is 1. The molecule has 1 N–H and O–H groups in total. The van der Waals surface area contributed by atoms with Gasteiger partial charge in [0.25, 0.3) is 0 Å². The lowest BCUT2D eigenvalue weighted by Gasteiger charge is -2.06. The van der Waals surface area contributed by atoms with Crippen molar-refractivity contribution in [3.05, 3.63) is 41.2 Å². The molecule has 1 aliphatic rings. The fourth-order valence-corrected chi connectivity index (χ4v) is 2.91. The van der Waals surface area contributed by atoms with Crippen LogP contribution < -0.4 is 0 Å². The van der Waals surface area contributed by atoms with E-state index in [4.69, 9.17) is 4.84 Å². The van der Waals surface area contributed by atoms with E-state index in [1.165, 1.54) is 30.0 Å². The maximum Gasteiger partial charge on any atom is 0.208 e. The van der Waals surface area contributed by atoms with Crippen molar-refractivity contribution in [3.8, 4) is 0 Å². The zero-order chi connectivity index (χ0) is 15.5. The average molecular weight is 324 g/mol. The summed E-state index contributed by atoms with van der Waals surface area (Å²) in [6, 6.07) is 3.75. The molecule has 22 heavy (non-hydrogen) atoms. The fourth-order valence-electron chi connectivity index (χ4n) is 2.11. The average Bonchev–Trinajstić information content (AvgIpc) is 3.14. The van der Waals surface area contributed by atoms with Crippen LogP contribution in [0.15, 0.2) is 28.5 Å². The van der Waals surface area contributed by atoms with Crippen molar-refractivity contribution in [1.82, 2.24) is 15.2 Å². The molecule has 0 saturated carbocycles. The first-order chi connectivity index (χ1) is 10.7. The van der Waals surface area contributed by atoms with Crippen LogP contribution in [0.4, 0.5) is 8.78 Å². The Morgan fingerprint density at radius 1 is 1.36 bits per heavy atom. The number of H-pyrrole nitrogens is 1. The number of oxime groups is 1. The second-order valence-corrected chi connectivity index (χ2v) is 5.78. The molecule has 0 aliphatic carbocycles. The molecule has 2 heterocycles. The lowest BCUT2D eigenvalue weighted by atomic mass is 10.0. The minimum Gasteiger partial charge on any atom is -0.391 e. The molecule has 2 aromatic rings. The monoisotopic (exact) mass is 324 g/mol. The van der Waals surface area contributed by atoms with Gasteiger partial charge in [-0.25, -0.2) is 13.8 Å². The van der Waals surface area contributed by atoms with Gasteiger partial charge >= 0.3 is 0 Å². The number of hydrogen-bond acceptors (Lipinski definition) is 5. The van der Waals surface area contributed by atoms with E-state index < -0.39 is 11.6 Å². The van der Waals surface area contributed by atoms with Gasteiger partial charge in [0.2, 0.25) is 5.16 Å². The minimum absolute atomic E-state index is 0.110. The van der Waals surface area contributed by atoms with E-state index >= 15 is 0 Å². The quantitative estimate of drug-likeness (QED) is 0.859. The number of benzene rings is 1. The molecule has 1 aromatic carbocycles. The Balaban J connectivity index is 1.60. The van der Waals surface area contributed by atoms with Crippen LogP contribution in [-0.4, -0.2) is 32.7 Å². The van der Waals surface area contributed by atoms with Crippen LogP contribution in [0, 0.1) is 11.6 Å². The Labute approximate surface area is 130 Å². The van der Waals surface area contributed by atoms with Crippen molar-refractivity contribution in [1.29, 1.82) is 0 Å². The smallest absolute Gasteiger partial charge is 0.208 e. The molecule has 5 nitrogen and oxygen atoms in total. The van der Waals surface area contributed by atoms with Crippen molar-refractivity contribution < 1.29 is 13.6 Å². The van der Waals surface area contributed by atoms with Crippen LogP contribution >= 0.6 is 11.8 Å². The summed E-state index contributed by atoms with van der Waals surface area (Å²) in [6.07, 6.45) is 0.894. The highest BCUT2D eigenvalue weighted by Gasteiger charge is 2.26. The summed E-state index contributed by atoms with van der Waals surface area (Å²) in [4.78, 5) is 9.53. The summed E-state index contributed by atoms with van der Waals surface area (Å²) in [5.74, 6) is 0.124. The highest BCUT2D eigenvalue weighted by atomic mass is 32.2. The van der Waals surface area contributed by atoms with Crippen LogP contribution in [0.2, 0.25) is 0 Å². The maximum absolute atomic E-state index is 13.7. The van der Waals surface area contributed by atoms with Gasteiger partial charge in [-0.1, -0.05) is 29.9 Å². The van der Waals surface area contributed by atoms with Crippen molar-refractivity contribution >= 4 is 17.5 Å². The largest absolute Gasteiger partial charge is 0.391 e.